The Kier molecular flexibility index (Phi) is 5.09. The molecule has 2 saturated carbocycles. The van der Waals surface area contributed by atoms with Crippen LogP contribution in [0.15, 0.2) is 23.2 Å². The fourth-order valence-electron chi connectivity index (χ4n) is 3.36. The summed E-state index contributed by atoms with van der Waals surface area (Å²) < 4.78 is 27.7. The molecule has 6 heteroatoms. The van der Waals surface area contributed by atoms with E-state index in [2.05, 4.69) is 21.9 Å². The van der Waals surface area contributed by atoms with Crippen LogP contribution in [0.25, 0.3) is 0 Å². The molecule has 0 aliphatic heterocycles. The molecule has 0 aromatic heterocycles. The number of hydrogen-bond acceptors (Lipinski definition) is 2. The number of thioether (sulfide) groups is 1. The van der Waals surface area contributed by atoms with Crippen molar-refractivity contribution in [3.05, 3.63) is 35.4 Å². The molecule has 1 aromatic rings. The topological polar surface area (TPSA) is 36.4 Å². The van der Waals surface area contributed by atoms with Gasteiger partial charge < -0.3 is 10.6 Å². The van der Waals surface area contributed by atoms with Gasteiger partial charge in [-0.3, -0.25) is 4.99 Å². The Morgan fingerprint density at radius 1 is 1.17 bits per heavy atom. The maximum absolute atomic E-state index is 13.8. The monoisotopic (exact) mass is 339 g/mol. The predicted molar refractivity (Wildman–Crippen MR) is 92.1 cm³/mol. The van der Waals surface area contributed by atoms with Crippen LogP contribution in [0.1, 0.15) is 37.2 Å². The lowest BCUT2D eigenvalue weighted by atomic mass is 10.1. The second-order valence-electron chi connectivity index (χ2n) is 6.31. The second kappa shape index (κ2) is 7.07. The number of rotatable bonds is 4. The van der Waals surface area contributed by atoms with Crippen molar-refractivity contribution < 1.29 is 8.78 Å². The molecule has 0 spiro atoms. The Morgan fingerprint density at radius 3 is 2.52 bits per heavy atom. The minimum Gasteiger partial charge on any atom is -0.354 e. The largest absolute Gasteiger partial charge is 0.354 e. The summed E-state index contributed by atoms with van der Waals surface area (Å²) >= 11 is 1.91. The van der Waals surface area contributed by atoms with Crippen molar-refractivity contribution in [1.29, 1.82) is 0 Å². The molecule has 126 valence electrons. The SMILES string of the molecule is CN=C(NC1CCC(SC)C1)NC1CC1c1c(F)cccc1F. The smallest absolute Gasteiger partial charge is 0.191 e. The number of guanidine groups is 1. The molecule has 0 amide bonds. The van der Waals surface area contributed by atoms with Crippen LogP contribution >= 0.6 is 11.8 Å². The standard InChI is InChI=1S/C17H23F2N3S/c1-20-17(21-10-6-7-11(8-10)23-2)22-15-9-12(15)16-13(18)4-3-5-14(16)19/h3-5,10-12,15H,6-9H2,1-2H3,(H2,20,21,22). The van der Waals surface area contributed by atoms with E-state index in [-0.39, 0.29) is 17.5 Å². The quantitative estimate of drug-likeness (QED) is 0.653. The molecule has 0 saturated heterocycles. The third-order valence-corrected chi connectivity index (χ3v) is 5.86. The van der Waals surface area contributed by atoms with Crippen LogP contribution in [0, 0.1) is 11.6 Å². The first kappa shape index (κ1) is 16.6. The first-order valence-electron chi connectivity index (χ1n) is 8.09. The molecule has 0 bridgehead atoms. The van der Waals surface area contributed by atoms with Gasteiger partial charge in [-0.2, -0.15) is 11.8 Å². The minimum atomic E-state index is -0.458. The maximum atomic E-state index is 13.8. The Bertz CT molecular complexity index is 573. The van der Waals surface area contributed by atoms with Gasteiger partial charge in [0, 0.05) is 35.9 Å². The van der Waals surface area contributed by atoms with Gasteiger partial charge in [-0.05, 0) is 44.1 Å². The van der Waals surface area contributed by atoms with E-state index < -0.39 is 11.6 Å². The highest BCUT2D eigenvalue weighted by atomic mass is 32.2. The highest BCUT2D eigenvalue weighted by Crippen LogP contribution is 2.43. The average molecular weight is 339 g/mol. The van der Waals surface area contributed by atoms with Gasteiger partial charge in [0.05, 0.1) is 0 Å². The van der Waals surface area contributed by atoms with Gasteiger partial charge in [-0.25, -0.2) is 8.78 Å². The summed E-state index contributed by atoms with van der Waals surface area (Å²) in [6.07, 6.45) is 6.39. The van der Waals surface area contributed by atoms with Crippen molar-refractivity contribution in [3.63, 3.8) is 0 Å². The molecular weight excluding hydrogens is 316 g/mol. The van der Waals surface area contributed by atoms with Crippen LogP contribution in [0.5, 0.6) is 0 Å². The van der Waals surface area contributed by atoms with E-state index in [9.17, 15) is 8.78 Å². The van der Waals surface area contributed by atoms with E-state index >= 15 is 0 Å². The molecule has 1 aromatic carbocycles. The normalized spacial score (nSPS) is 30.3. The van der Waals surface area contributed by atoms with Crippen LogP contribution < -0.4 is 10.6 Å². The minimum absolute atomic E-state index is 0.0466. The summed E-state index contributed by atoms with van der Waals surface area (Å²) in [5.41, 5.74) is 0.198. The lowest BCUT2D eigenvalue weighted by Crippen LogP contribution is -2.43. The number of halogens is 2. The van der Waals surface area contributed by atoms with E-state index in [0.717, 1.165) is 25.2 Å². The molecular formula is C17H23F2N3S. The van der Waals surface area contributed by atoms with E-state index in [1.165, 1.54) is 24.6 Å². The summed E-state index contributed by atoms with van der Waals surface area (Å²) in [4.78, 5) is 4.26. The Balaban J connectivity index is 1.56. The molecule has 0 radical (unpaired) electrons. The van der Waals surface area contributed by atoms with Crippen LogP contribution in [0.3, 0.4) is 0 Å². The van der Waals surface area contributed by atoms with Gasteiger partial charge >= 0.3 is 0 Å². The highest BCUT2D eigenvalue weighted by molar-refractivity contribution is 7.99. The van der Waals surface area contributed by atoms with E-state index in [0.29, 0.717) is 11.3 Å². The number of hydrogen-bond donors (Lipinski definition) is 2. The summed E-state index contributed by atoms with van der Waals surface area (Å²) in [7, 11) is 1.73. The summed E-state index contributed by atoms with van der Waals surface area (Å²) in [6.45, 7) is 0. The molecule has 3 rings (SSSR count). The molecule has 2 N–H and O–H groups in total. The maximum Gasteiger partial charge on any atom is 0.191 e. The molecule has 23 heavy (non-hydrogen) atoms. The zero-order chi connectivity index (χ0) is 16.4. The summed E-state index contributed by atoms with van der Waals surface area (Å²) in [6, 6.07) is 4.53. The van der Waals surface area contributed by atoms with Crippen molar-refractivity contribution in [3.8, 4) is 0 Å². The molecule has 4 unspecified atom stereocenters. The van der Waals surface area contributed by atoms with Crippen molar-refractivity contribution in [2.45, 2.75) is 48.9 Å². The summed E-state index contributed by atoms with van der Waals surface area (Å²) in [5.74, 6) is -0.292. The summed E-state index contributed by atoms with van der Waals surface area (Å²) in [5, 5.41) is 7.46. The number of nitrogens with one attached hydrogen (secondary N) is 2. The predicted octanol–water partition coefficient (Wildman–Crippen LogP) is 3.27. The zero-order valence-corrected chi connectivity index (χ0v) is 14.3. The molecule has 2 aliphatic carbocycles. The Labute approximate surface area is 140 Å². The Hall–Kier alpha value is -1.30. The van der Waals surface area contributed by atoms with Crippen molar-refractivity contribution in [2.75, 3.05) is 13.3 Å². The number of benzene rings is 1. The van der Waals surface area contributed by atoms with E-state index in [4.69, 9.17) is 0 Å². The Morgan fingerprint density at radius 2 is 1.91 bits per heavy atom. The number of aliphatic imine (C=N–C) groups is 1. The third-order valence-electron chi connectivity index (χ3n) is 4.77. The molecule has 0 heterocycles. The number of nitrogens with zero attached hydrogens (tertiary/aromatic N) is 1. The fourth-order valence-corrected chi connectivity index (χ4v) is 4.16. The van der Waals surface area contributed by atoms with Gasteiger partial charge in [-0.1, -0.05) is 6.07 Å². The van der Waals surface area contributed by atoms with E-state index in [1.54, 1.807) is 7.05 Å². The van der Waals surface area contributed by atoms with Crippen LogP contribution in [0.4, 0.5) is 8.78 Å². The van der Waals surface area contributed by atoms with Gasteiger partial charge in [0.15, 0.2) is 5.96 Å². The molecule has 2 aliphatic rings. The lowest BCUT2D eigenvalue weighted by Gasteiger charge is -2.17. The van der Waals surface area contributed by atoms with Gasteiger partial charge in [-0.15, -0.1) is 0 Å². The van der Waals surface area contributed by atoms with Gasteiger partial charge in [0.2, 0.25) is 0 Å². The highest BCUT2D eigenvalue weighted by Gasteiger charge is 2.42. The molecule has 4 atom stereocenters. The first-order valence-corrected chi connectivity index (χ1v) is 9.37. The van der Waals surface area contributed by atoms with Crippen LogP contribution in [-0.2, 0) is 0 Å². The fraction of sp³-hybridized carbons (Fsp3) is 0.588. The molecule has 2 fully saturated rings. The van der Waals surface area contributed by atoms with E-state index in [1.807, 2.05) is 11.8 Å². The van der Waals surface area contributed by atoms with Crippen LogP contribution in [0.2, 0.25) is 0 Å². The first-order chi connectivity index (χ1) is 11.1. The van der Waals surface area contributed by atoms with Gasteiger partial charge in [0.1, 0.15) is 11.6 Å². The van der Waals surface area contributed by atoms with Crippen molar-refractivity contribution in [1.82, 2.24) is 10.6 Å². The van der Waals surface area contributed by atoms with Crippen LogP contribution in [-0.4, -0.2) is 36.6 Å². The second-order valence-corrected chi connectivity index (χ2v) is 7.45. The van der Waals surface area contributed by atoms with Crippen molar-refractivity contribution >= 4 is 17.7 Å². The molecule has 3 nitrogen and oxygen atoms in total. The third kappa shape index (κ3) is 3.79. The lowest BCUT2D eigenvalue weighted by molar-refractivity contribution is 0.552. The average Bonchev–Trinajstić information content (AvgIpc) is 3.12. The van der Waals surface area contributed by atoms with Gasteiger partial charge in [0.25, 0.3) is 0 Å². The van der Waals surface area contributed by atoms with Crippen molar-refractivity contribution in [2.24, 2.45) is 4.99 Å². The zero-order valence-electron chi connectivity index (χ0n) is 13.5.